The Kier molecular flexibility index (Phi) is 7.91. The molecule has 1 heterocycles. The zero-order chi connectivity index (χ0) is 26.4. The van der Waals surface area contributed by atoms with Crippen LogP contribution >= 0.6 is 11.8 Å². The highest BCUT2D eigenvalue weighted by atomic mass is 32.2. The van der Waals surface area contributed by atoms with E-state index < -0.39 is 5.97 Å². The number of aliphatic imine (C=N–C) groups is 1. The number of hydrogen-bond acceptors (Lipinski definition) is 7. The average Bonchev–Trinajstić information content (AvgIpc) is 3.21. The van der Waals surface area contributed by atoms with Crippen LogP contribution in [-0.2, 0) is 11.4 Å². The molecule has 4 rings (SSSR count). The summed E-state index contributed by atoms with van der Waals surface area (Å²) in [6.45, 7) is 2.48. The van der Waals surface area contributed by atoms with Crippen molar-refractivity contribution in [1.29, 1.82) is 5.26 Å². The van der Waals surface area contributed by atoms with Crippen LogP contribution in [0, 0.1) is 11.3 Å². The monoisotopic (exact) mass is 513 g/mol. The van der Waals surface area contributed by atoms with Gasteiger partial charge in [-0.2, -0.15) is 5.26 Å². The Hall–Kier alpha value is -4.55. The van der Waals surface area contributed by atoms with Crippen molar-refractivity contribution in [2.45, 2.75) is 13.5 Å². The topological polar surface area (TPSA) is 112 Å². The van der Waals surface area contributed by atoms with Gasteiger partial charge in [0.25, 0.3) is 5.91 Å². The third kappa shape index (κ3) is 5.82. The van der Waals surface area contributed by atoms with Gasteiger partial charge in [0.2, 0.25) is 0 Å². The van der Waals surface area contributed by atoms with Crippen LogP contribution in [0.25, 0.3) is 6.08 Å². The fourth-order valence-electron chi connectivity index (χ4n) is 3.64. The fraction of sp³-hybridized carbons (Fsp3) is 0.143. The fourth-order valence-corrected chi connectivity index (χ4v) is 4.71. The first-order valence-corrected chi connectivity index (χ1v) is 12.2. The van der Waals surface area contributed by atoms with Gasteiger partial charge in [0.1, 0.15) is 6.61 Å². The number of likely N-dealkylation sites (N-methyl/N-ethyl adjacent to an activating group) is 1. The lowest BCUT2D eigenvalue weighted by Crippen LogP contribution is -2.28. The summed E-state index contributed by atoms with van der Waals surface area (Å²) < 4.78 is 11.4. The molecule has 9 heteroatoms. The number of aromatic carboxylic acids is 1. The Labute approximate surface area is 218 Å². The second-order valence-corrected chi connectivity index (χ2v) is 8.89. The van der Waals surface area contributed by atoms with Crippen molar-refractivity contribution in [3.63, 3.8) is 0 Å². The van der Waals surface area contributed by atoms with Crippen LogP contribution in [0.1, 0.15) is 34.0 Å². The molecule has 1 aliphatic rings. The predicted octanol–water partition coefficient (Wildman–Crippen LogP) is 5.47. The number of carboxylic acid groups (broad SMARTS) is 1. The van der Waals surface area contributed by atoms with Crippen molar-refractivity contribution >= 4 is 40.6 Å². The average molecular weight is 514 g/mol. The molecule has 0 aromatic heterocycles. The van der Waals surface area contributed by atoms with Crippen LogP contribution in [-0.4, -0.2) is 40.7 Å². The van der Waals surface area contributed by atoms with E-state index in [1.165, 1.54) is 31.0 Å². The Morgan fingerprint density at radius 3 is 2.68 bits per heavy atom. The number of benzene rings is 3. The summed E-state index contributed by atoms with van der Waals surface area (Å²) in [5.41, 5.74) is 2.64. The van der Waals surface area contributed by atoms with E-state index in [-0.39, 0.29) is 18.1 Å². The Balaban J connectivity index is 1.56. The Morgan fingerprint density at radius 2 is 1.95 bits per heavy atom. The maximum Gasteiger partial charge on any atom is 0.335 e. The van der Waals surface area contributed by atoms with Crippen molar-refractivity contribution in [2.75, 3.05) is 13.7 Å². The molecule has 0 atom stereocenters. The van der Waals surface area contributed by atoms with Gasteiger partial charge in [-0.3, -0.25) is 9.69 Å². The number of carbonyl (C=O) groups excluding carboxylic acids is 1. The summed E-state index contributed by atoms with van der Waals surface area (Å²) in [7, 11) is 1.53. The summed E-state index contributed by atoms with van der Waals surface area (Å²) >= 11 is 1.22. The molecule has 0 aliphatic carbocycles. The lowest BCUT2D eigenvalue weighted by Gasteiger charge is -2.12. The zero-order valence-electron chi connectivity index (χ0n) is 20.2. The minimum Gasteiger partial charge on any atom is -0.493 e. The van der Waals surface area contributed by atoms with Gasteiger partial charge in [-0.25, -0.2) is 9.79 Å². The first kappa shape index (κ1) is 25.5. The predicted molar refractivity (Wildman–Crippen MR) is 142 cm³/mol. The molecule has 8 nitrogen and oxygen atoms in total. The number of methoxy groups -OCH3 is 1. The minimum atomic E-state index is -1.04. The standard InChI is InChI=1S/C28H23N3O5S/c1-3-31-26(32)25(37-28(31)30-22-10-6-9-19(15-22)27(33)34)14-18-11-12-23(24(13-18)35-2)36-17-21-8-5-4-7-20(21)16-29/h4-15H,3,17H2,1-2H3,(H,33,34)/b25-14-,30-28?. The SMILES string of the molecule is CCN1C(=O)/C(=C/c2ccc(OCc3ccccc3C#N)c(OC)c2)SC1=Nc1cccc(C(=O)O)c1. The number of nitriles is 1. The smallest absolute Gasteiger partial charge is 0.335 e. The first-order valence-electron chi connectivity index (χ1n) is 11.4. The highest BCUT2D eigenvalue weighted by molar-refractivity contribution is 8.18. The van der Waals surface area contributed by atoms with Gasteiger partial charge in [-0.15, -0.1) is 0 Å². The van der Waals surface area contributed by atoms with Gasteiger partial charge in [-0.1, -0.05) is 30.3 Å². The highest BCUT2D eigenvalue weighted by Gasteiger charge is 2.32. The van der Waals surface area contributed by atoms with Crippen molar-refractivity contribution < 1.29 is 24.2 Å². The third-order valence-corrected chi connectivity index (χ3v) is 6.54. The molecule has 1 aliphatic heterocycles. The second kappa shape index (κ2) is 11.5. The number of carbonyl (C=O) groups is 2. The van der Waals surface area contributed by atoms with Crippen LogP contribution in [0.3, 0.4) is 0 Å². The van der Waals surface area contributed by atoms with Crippen molar-refractivity contribution in [3.05, 3.63) is 93.9 Å². The molecular weight excluding hydrogens is 490 g/mol. The largest absolute Gasteiger partial charge is 0.493 e. The third-order valence-electron chi connectivity index (χ3n) is 5.53. The number of amidine groups is 1. The number of hydrogen-bond donors (Lipinski definition) is 1. The molecule has 0 spiro atoms. The van der Waals surface area contributed by atoms with Crippen LogP contribution in [0.15, 0.2) is 76.6 Å². The van der Waals surface area contributed by atoms with E-state index in [1.807, 2.05) is 25.1 Å². The molecule has 3 aromatic carbocycles. The number of thioether (sulfide) groups is 1. The summed E-state index contributed by atoms with van der Waals surface area (Å²) in [6, 6.07) is 21.0. The van der Waals surface area contributed by atoms with E-state index in [0.717, 1.165) is 11.1 Å². The van der Waals surface area contributed by atoms with Crippen molar-refractivity contribution in [1.82, 2.24) is 4.90 Å². The van der Waals surface area contributed by atoms with Gasteiger partial charge in [0, 0.05) is 12.1 Å². The molecule has 1 fully saturated rings. The van der Waals surface area contributed by atoms with Gasteiger partial charge >= 0.3 is 5.97 Å². The number of carboxylic acids is 1. The molecule has 1 amide bonds. The summed E-state index contributed by atoms with van der Waals surface area (Å²) in [5.74, 6) is -0.224. The number of nitrogens with zero attached hydrogens (tertiary/aromatic N) is 3. The first-order chi connectivity index (χ1) is 17.9. The van der Waals surface area contributed by atoms with Crippen LogP contribution in [0.4, 0.5) is 5.69 Å². The Morgan fingerprint density at radius 1 is 1.14 bits per heavy atom. The van der Waals surface area contributed by atoms with E-state index in [9.17, 15) is 20.0 Å². The maximum atomic E-state index is 13.0. The molecule has 37 heavy (non-hydrogen) atoms. The molecule has 0 unspecified atom stereocenters. The number of rotatable bonds is 8. The van der Waals surface area contributed by atoms with Crippen molar-refractivity contribution in [3.8, 4) is 17.6 Å². The van der Waals surface area contributed by atoms with Gasteiger partial charge < -0.3 is 14.6 Å². The molecule has 1 N–H and O–H groups in total. The van der Waals surface area contributed by atoms with Gasteiger partial charge in [-0.05, 0) is 66.7 Å². The van der Waals surface area contributed by atoms with E-state index in [1.54, 1.807) is 47.4 Å². The van der Waals surface area contributed by atoms with E-state index in [0.29, 0.717) is 39.4 Å². The van der Waals surface area contributed by atoms with E-state index >= 15 is 0 Å². The minimum absolute atomic E-state index is 0.125. The molecule has 0 saturated carbocycles. The molecular formula is C28H23N3O5S. The normalized spacial score (nSPS) is 15.2. The molecule has 3 aromatic rings. The second-order valence-electron chi connectivity index (χ2n) is 7.88. The zero-order valence-corrected chi connectivity index (χ0v) is 21.0. The van der Waals surface area contributed by atoms with Crippen LogP contribution < -0.4 is 9.47 Å². The van der Waals surface area contributed by atoms with Crippen LogP contribution in [0.5, 0.6) is 11.5 Å². The van der Waals surface area contributed by atoms with Crippen molar-refractivity contribution in [2.24, 2.45) is 4.99 Å². The number of ether oxygens (including phenoxy) is 2. The summed E-state index contributed by atoms with van der Waals surface area (Å²) in [5, 5.41) is 19.0. The van der Waals surface area contributed by atoms with E-state index in [4.69, 9.17) is 9.47 Å². The molecule has 0 bridgehead atoms. The highest BCUT2D eigenvalue weighted by Crippen LogP contribution is 2.36. The summed E-state index contributed by atoms with van der Waals surface area (Å²) in [6.07, 6.45) is 1.75. The van der Waals surface area contributed by atoms with Gasteiger partial charge in [0.05, 0.1) is 34.9 Å². The summed E-state index contributed by atoms with van der Waals surface area (Å²) in [4.78, 5) is 30.9. The van der Waals surface area contributed by atoms with E-state index in [2.05, 4.69) is 11.1 Å². The lowest BCUT2D eigenvalue weighted by atomic mass is 10.1. The van der Waals surface area contributed by atoms with Gasteiger partial charge in [0.15, 0.2) is 16.7 Å². The molecule has 0 radical (unpaired) electrons. The Bertz CT molecular complexity index is 1460. The lowest BCUT2D eigenvalue weighted by molar-refractivity contribution is -0.122. The molecule has 186 valence electrons. The number of amides is 1. The van der Waals surface area contributed by atoms with Crippen LogP contribution in [0.2, 0.25) is 0 Å². The quantitative estimate of drug-likeness (QED) is 0.398. The molecule has 1 saturated heterocycles. The maximum absolute atomic E-state index is 13.0.